The summed E-state index contributed by atoms with van der Waals surface area (Å²) in [5, 5.41) is 10.4. The van der Waals surface area contributed by atoms with E-state index in [1.165, 1.54) is 12.3 Å². The molecule has 2 atom stereocenters. The van der Waals surface area contributed by atoms with Gasteiger partial charge in [0.1, 0.15) is 5.70 Å². The molecular formula is C9H7ClN2O2. The second-order valence-corrected chi connectivity index (χ2v) is 3.52. The van der Waals surface area contributed by atoms with E-state index in [1.54, 1.807) is 12.2 Å². The summed E-state index contributed by atoms with van der Waals surface area (Å²) in [4.78, 5) is 14.2. The van der Waals surface area contributed by atoms with Gasteiger partial charge in [-0.3, -0.25) is 15.1 Å². The number of allylic oxidation sites excluding steroid dienone is 4. The zero-order chi connectivity index (χ0) is 10.1. The normalized spacial score (nSPS) is 29.2. The van der Waals surface area contributed by atoms with Crippen molar-refractivity contribution in [2.75, 3.05) is 0 Å². The summed E-state index contributed by atoms with van der Waals surface area (Å²) < 4.78 is 0. The van der Waals surface area contributed by atoms with E-state index in [9.17, 15) is 10.1 Å². The summed E-state index contributed by atoms with van der Waals surface area (Å²) in [5.74, 6) is -0.174. The van der Waals surface area contributed by atoms with Gasteiger partial charge < -0.3 is 0 Å². The van der Waals surface area contributed by atoms with Gasteiger partial charge in [-0.25, -0.2) is 0 Å². The van der Waals surface area contributed by atoms with Crippen molar-refractivity contribution in [3.63, 3.8) is 0 Å². The summed E-state index contributed by atoms with van der Waals surface area (Å²) in [7, 11) is 0. The number of aliphatic imine (C=N–C) groups is 1. The van der Waals surface area contributed by atoms with E-state index in [2.05, 4.69) is 4.99 Å². The van der Waals surface area contributed by atoms with Crippen molar-refractivity contribution in [1.29, 1.82) is 0 Å². The molecule has 0 saturated heterocycles. The lowest BCUT2D eigenvalue weighted by atomic mass is 9.93. The smallest absolute Gasteiger partial charge is 0.258 e. The first-order chi connectivity index (χ1) is 6.70. The Morgan fingerprint density at radius 3 is 3.00 bits per heavy atom. The number of alkyl halides is 1. The molecule has 0 radical (unpaired) electrons. The molecule has 0 fully saturated rings. The van der Waals surface area contributed by atoms with Crippen LogP contribution in [0.3, 0.4) is 0 Å². The standard InChI is InChI=1S/C9H7ClN2O2/c10-7-3-4-8(12(13)14)9-6(7)2-1-5-11-9/h1-7H. The van der Waals surface area contributed by atoms with Crippen molar-refractivity contribution in [2.24, 2.45) is 10.9 Å². The Morgan fingerprint density at radius 1 is 1.50 bits per heavy atom. The van der Waals surface area contributed by atoms with Gasteiger partial charge in [-0.2, -0.15) is 0 Å². The van der Waals surface area contributed by atoms with Crippen molar-refractivity contribution >= 4 is 17.8 Å². The Hall–Kier alpha value is -1.42. The minimum atomic E-state index is -0.432. The molecule has 0 spiro atoms. The molecule has 1 heterocycles. The number of hydrogen-bond acceptors (Lipinski definition) is 3. The third-order valence-corrected chi connectivity index (χ3v) is 2.59. The zero-order valence-corrected chi connectivity index (χ0v) is 7.89. The van der Waals surface area contributed by atoms with E-state index in [-0.39, 0.29) is 17.0 Å². The predicted octanol–water partition coefficient (Wildman–Crippen LogP) is 1.91. The number of rotatable bonds is 1. The van der Waals surface area contributed by atoms with Crippen LogP contribution >= 0.6 is 11.6 Å². The predicted molar refractivity (Wildman–Crippen MR) is 53.9 cm³/mol. The minimum absolute atomic E-state index is 0.0347. The number of hydrogen-bond donors (Lipinski definition) is 0. The molecule has 72 valence electrons. The second kappa shape index (κ2) is 3.38. The minimum Gasteiger partial charge on any atom is -0.258 e. The SMILES string of the molecule is O=[N+]([O-])C1=C2N=CC=CC2C(Cl)C=C1. The number of nitrogens with zero attached hydrogens (tertiary/aromatic N) is 2. The third kappa shape index (κ3) is 1.37. The molecule has 2 aliphatic rings. The molecule has 0 saturated carbocycles. The number of halogens is 1. The first kappa shape index (κ1) is 9.15. The van der Waals surface area contributed by atoms with E-state index in [0.717, 1.165) is 0 Å². The van der Waals surface area contributed by atoms with Crippen LogP contribution in [0.5, 0.6) is 0 Å². The Bertz CT molecular complexity index is 396. The van der Waals surface area contributed by atoms with Gasteiger partial charge in [0.05, 0.1) is 10.3 Å². The summed E-state index contributed by atoms with van der Waals surface area (Å²) in [6.07, 6.45) is 8.16. The van der Waals surface area contributed by atoms with E-state index in [4.69, 9.17) is 11.6 Å². The maximum absolute atomic E-state index is 10.7. The average Bonchev–Trinajstić information content (AvgIpc) is 2.18. The topological polar surface area (TPSA) is 55.5 Å². The molecule has 0 amide bonds. The lowest BCUT2D eigenvalue weighted by Gasteiger charge is -2.21. The molecule has 0 aromatic heterocycles. The van der Waals surface area contributed by atoms with Crippen molar-refractivity contribution < 1.29 is 4.92 Å². The van der Waals surface area contributed by atoms with E-state index < -0.39 is 4.92 Å². The summed E-state index contributed by atoms with van der Waals surface area (Å²) in [6, 6.07) is 0. The largest absolute Gasteiger partial charge is 0.291 e. The Balaban J connectivity index is 2.49. The third-order valence-electron chi connectivity index (χ3n) is 2.17. The van der Waals surface area contributed by atoms with Crippen LogP contribution in [0.4, 0.5) is 0 Å². The van der Waals surface area contributed by atoms with E-state index in [0.29, 0.717) is 5.70 Å². The van der Waals surface area contributed by atoms with Crippen LogP contribution in [0.1, 0.15) is 0 Å². The Labute approximate surface area is 85.4 Å². The maximum Gasteiger partial charge on any atom is 0.291 e. The lowest BCUT2D eigenvalue weighted by Crippen LogP contribution is -2.21. The number of fused-ring (bicyclic) bond motifs is 1. The summed E-state index contributed by atoms with van der Waals surface area (Å²) in [6.45, 7) is 0. The van der Waals surface area contributed by atoms with Crippen LogP contribution in [0.2, 0.25) is 0 Å². The van der Waals surface area contributed by atoms with Crippen LogP contribution < -0.4 is 0 Å². The first-order valence-electron chi connectivity index (χ1n) is 4.12. The van der Waals surface area contributed by atoms with Crippen LogP contribution in [-0.2, 0) is 0 Å². The van der Waals surface area contributed by atoms with Crippen molar-refractivity contribution in [3.05, 3.63) is 45.8 Å². The molecule has 0 N–H and O–H groups in total. The molecule has 1 aliphatic heterocycles. The zero-order valence-electron chi connectivity index (χ0n) is 7.13. The van der Waals surface area contributed by atoms with Gasteiger partial charge in [0.2, 0.25) is 0 Å². The lowest BCUT2D eigenvalue weighted by molar-refractivity contribution is -0.420. The molecule has 0 aromatic carbocycles. The fourth-order valence-electron chi connectivity index (χ4n) is 1.51. The number of dihydropyridines is 1. The molecule has 5 heteroatoms. The first-order valence-corrected chi connectivity index (χ1v) is 4.55. The molecule has 0 aromatic rings. The summed E-state index contributed by atoms with van der Waals surface area (Å²) >= 11 is 5.99. The maximum atomic E-state index is 10.7. The van der Waals surface area contributed by atoms with Crippen molar-refractivity contribution in [1.82, 2.24) is 0 Å². The van der Waals surface area contributed by atoms with Crippen molar-refractivity contribution in [3.8, 4) is 0 Å². The Morgan fingerprint density at radius 2 is 2.29 bits per heavy atom. The molecular weight excluding hydrogens is 204 g/mol. The molecule has 1 aliphatic carbocycles. The highest BCUT2D eigenvalue weighted by molar-refractivity contribution is 6.22. The molecule has 2 unspecified atom stereocenters. The number of nitro groups is 1. The molecule has 2 rings (SSSR count). The van der Waals surface area contributed by atoms with Gasteiger partial charge in [0, 0.05) is 18.2 Å². The monoisotopic (exact) mass is 210 g/mol. The van der Waals surface area contributed by atoms with Crippen LogP contribution in [-0.4, -0.2) is 16.5 Å². The van der Waals surface area contributed by atoms with Crippen LogP contribution in [0.15, 0.2) is 40.7 Å². The Kier molecular flexibility index (Phi) is 2.21. The highest BCUT2D eigenvalue weighted by Crippen LogP contribution is 2.32. The highest BCUT2D eigenvalue weighted by atomic mass is 35.5. The quantitative estimate of drug-likeness (QED) is 0.377. The molecule has 0 bridgehead atoms. The van der Waals surface area contributed by atoms with Gasteiger partial charge in [0.25, 0.3) is 5.70 Å². The highest BCUT2D eigenvalue weighted by Gasteiger charge is 2.31. The van der Waals surface area contributed by atoms with Gasteiger partial charge in [-0.15, -0.1) is 11.6 Å². The molecule has 4 nitrogen and oxygen atoms in total. The summed E-state index contributed by atoms with van der Waals surface area (Å²) in [5.41, 5.74) is 0.479. The van der Waals surface area contributed by atoms with Crippen LogP contribution in [0.25, 0.3) is 0 Å². The van der Waals surface area contributed by atoms with Crippen molar-refractivity contribution in [2.45, 2.75) is 5.38 Å². The van der Waals surface area contributed by atoms with Crippen LogP contribution in [0, 0.1) is 16.0 Å². The molecule has 14 heavy (non-hydrogen) atoms. The average molecular weight is 211 g/mol. The fourth-order valence-corrected chi connectivity index (χ4v) is 1.78. The second-order valence-electron chi connectivity index (χ2n) is 3.02. The van der Waals surface area contributed by atoms with Gasteiger partial charge >= 0.3 is 0 Å². The fraction of sp³-hybridized carbons (Fsp3) is 0.222. The van der Waals surface area contributed by atoms with E-state index in [1.807, 2.05) is 6.08 Å². The van der Waals surface area contributed by atoms with Gasteiger partial charge in [-0.1, -0.05) is 12.2 Å². The van der Waals surface area contributed by atoms with E-state index >= 15 is 0 Å². The van der Waals surface area contributed by atoms with Gasteiger partial charge in [0.15, 0.2) is 0 Å². The van der Waals surface area contributed by atoms with Gasteiger partial charge in [-0.05, 0) is 6.08 Å².